The zero-order valence-corrected chi connectivity index (χ0v) is 8.62. The largest absolute Gasteiger partial charge is 0.493 e. The minimum atomic E-state index is -4.54. The predicted molar refractivity (Wildman–Crippen MR) is 51.9 cm³/mol. The van der Waals surface area contributed by atoms with Crippen molar-refractivity contribution in [1.82, 2.24) is 0 Å². The molecule has 1 N–H and O–H groups in total. The van der Waals surface area contributed by atoms with Gasteiger partial charge in [-0.15, -0.1) is 0 Å². The van der Waals surface area contributed by atoms with E-state index in [9.17, 15) is 18.0 Å². The zero-order chi connectivity index (χ0) is 12.6. The summed E-state index contributed by atoms with van der Waals surface area (Å²) in [5, 5.41) is 8.94. The van der Waals surface area contributed by atoms with Crippen LogP contribution in [-0.2, 0) is 11.0 Å². The Hall–Kier alpha value is -1.72. The fourth-order valence-corrected chi connectivity index (χ4v) is 1.90. The van der Waals surface area contributed by atoms with Crippen molar-refractivity contribution >= 4 is 5.97 Å². The van der Waals surface area contributed by atoms with E-state index in [1.807, 2.05) is 0 Å². The first-order valence-corrected chi connectivity index (χ1v) is 4.97. The van der Waals surface area contributed by atoms with Gasteiger partial charge in [-0.3, -0.25) is 4.79 Å². The van der Waals surface area contributed by atoms with E-state index in [1.54, 1.807) is 0 Å². The number of hydrogen-bond acceptors (Lipinski definition) is 2. The van der Waals surface area contributed by atoms with Gasteiger partial charge < -0.3 is 9.84 Å². The summed E-state index contributed by atoms with van der Waals surface area (Å²) in [6.45, 7) is -0.0168. The van der Waals surface area contributed by atoms with E-state index in [4.69, 9.17) is 9.84 Å². The standard InChI is InChI=1S/C11H9F3O3/c12-11(13,14)8-3-1-2-6-7(10(15)16)4-5-17-9(6)8/h1-3,7H,4-5H2,(H,15,16). The van der Waals surface area contributed by atoms with Crippen LogP contribution in [0.5, 0.6) is 5.75 Å². The van der Waals surface area contributed by atoms with Crippen LogP contribution in [0.25, 0.3) is 0 Å². The van der Waals surface area contributed by atoms with Crippen molar-refractivity contribution in [3.63, 3.8) is 0 Å². The molecule has 1 aromatic rings. The van der Waals surface area contributed by atoms with Crippen LogP contribution in [0.15, 0.2) is 18.2 Å². The average Bonchev–Trinajstić information content (AvgIpc) is 2.26. The fraction of sp³-hybridized carbons (Fsp3) is 0.364. The lowest BCUT2D eigenvalue weighted by atomic mass is 9.91. The van der Waals surface area contributed by atoms with Gasteiger partial charge in [0.1, 0.15) is 5.75 Å². The number of benzene rings is 1. The van der Waals surface area contributed by atoms with Crippen molar-refractivity contribution in [2.45, 2.75) is 18.5 Å². The Morgan fingerprint density at radius 2 is 2.12 bits per heavy atom. The van der Waals surface area contributed by atoms with E-state index in [0.29, 0.717) is 0 Å². The number of carboxylic acid groups (broad SMARTS) is 1. The minimum absolute atomic E-state index is 0.0168. The Kier molecular flexibility index (Phi) is 2.73. The number of carbonyl (C=O) groups is 1. The zero-order valence-electron chi connectivity index (χ0n) is 8.62. The molecule has 0 fully saturated rings. The molecule has 0 saturated heterocycles. The molecule has 6 heteroatoms. The first kappa shape index (κ1) is 11.8. The molecule has 0 radical (unpaired) electrons. The molecule has 1 aliphatic heterocycles. The molecule has 1 heterocycles. The van der Waals surface area contributed by atoms with Gasteiger partial charge in [0.05, 0.1) is 18.1 Å². The molecule has 0 spiro atoms. The molecular formula is C11H9F3O3. The summed E-state index contributed by atoms with van der Waals surface area (Å²) in [5.74, 6) is -2.41. The second-order valence-corrected chi connectivity index (χ2v) is 3.75. The molecule has 2 rings (SSSR count). The van der Waals surface area contributed by atoms with Crippen molar-refractivity contribution in [2.24, 2.45) is 0 Å². The average molecular weight is 246 g/mol. The van der Waals surface area contributed by atoms with Crippen molar-refractivity contribution in [2.75, 3.05) is 6.61 Å². The predicted octanol–water partition coefficient (Wildman–Crippen LogP) is 2.66. The van der Waals surface area contributed by atoms with Crippen LogP contribution in [0.1, 0.15) is 23.5 Å². The highest BCUT2D eigenvalue weighted by Crippen LogP contribution is 2.43. The molecule has 0 saturated carbocycles. The third-order valence-electron chi connectivity index (χ3n) is 2.68. The molecule has 0 aliphatic carbocycles. The number of fused-ring (bicyclic) bond motifs is 1. The normalized spacial score (nSPS) is 19.4. The van der Waals surface area contributed by atoms with Crippen LogP contribution in [0.4, 0.5) is 13.2 Å². The van der Waals surface area contributed by atoms with E-state index in [1.165, 1.54) is 12.1 Å². The number of alkyl halides is 3. The van der Waals surface area contributed by atoms with Crippen molar-refractivity contribution < 1.29 is 27.8 Å². The second-order valence-electron chi connectivity index (χ2n) is 3.75. The Balaban J connectivity index is 2.55. The van der Waals surface area contributed by atoms with Gasteiger partial charge in [-0.1, -0.05) is 12.1 Å². The van der Waals surface area contributed by atoms with Crippen LogP contribution >= 0.6 is 0 Å². The number of halogens is 3. The molecule has 1 unspecified atom stereocenters. The number of hydrogen-bond donors (Lipinski definition) is 1. The lowest BCUT2D eigenvalue weighted by molar-refractivity contribution is -0.142. The molecule has 0 amide bonds. The van der Waals surface area contributed by atoms with Crippen LogP contribution in [-0.4, -0.2) is 17.7 Å². The van der Waals surface area contributed by atoms with Crippen molar-refractivity contribution in [3.05, 3.63) is 29.3 Å². The maximum atomic E-state index is 12.7. The SMILES string of the molecule is O=C(O)C1CCOc2c1cccc2C(F)(F)F. The minimum Gasteiger partial charge on any atom is -0.493 e. The van der Waals surface area contributed by atoms with Crippen molar-refractivity contribution in [1.29, 1.82) is 0 Å². The smallest absolute Gasteiger partial charge is 0.419 e. The van der Waals surface area contributed by atoms with Crippen LogP contribution in [0.2, 0.25) is 0 Å². The maximum Gasteiger partial charge on any atom is 0.419 e. The van der Waals surface area contributed by atoms with Gasteiger partial charge in [0.15, 0.2) is 0 Å². The van der Waals surface area contributed by atoms with Gasteiger partial charge in [0, 0.05) is 5.56 Å². The van der Waals surface area contributed by atoms with Gasteiger partial charge in [-0.05, 0) is 12.5 Å². The van der Waals surface area contributed by atoms with Gasteiger partial charge in [0.25, 0.3) is 0 Å². The van der Waals surface area contributed by atoms with Gasteiger partial charge in [-0.2, -0.15) is 13.2 Å². The molecule has 1 aromatic carbocycles. The summed E-state index contributed by atoms with van der Waals surface area (Å²) >= 11 is 0. The number of aliphatic carboxylic acids is 1. The molecule has 0 bridgehead atoms. The van der Waals surface area contributed by atoms with Crippen LogP contribution < -0.4 is 4.74 Å². The van der Waals surface area contributed by atoms with Crippen LogP contribution in [0, 0.1) is 0 Å². The Labute approximate surface area is 94.8 Å². The quantitative estimate of drug-likeness (QED) is 0.828. The summed E-state index contributed by atoms with van der Waals surface area (Å²) in [5.41, 5.74) is -0.820. The highest BCUT2D eigenvalue weighted by molar-refractivity contribution is 5.78. The molecule has 92 valence electrons. The topological polar surface area (TPSA) is 46.5 Å². The van der Waals surface area contributed by atoms with E-state index in [2.05, 4.69) is 0 Å². The first-order chi connectivity index (χ1) is 7.91. The summed E-state index contributed by atoms with van der Waals surface area (Å²) in [7, 11) is 0. The molecular weight excluding hydrogens is 237 g/mol. The fourth-order valence-electron chi connectivity index (χ4n) is 1.90. The van der Waals surface area contributed by atoms with Gasteiger partial charge >= 0.3 is 12.1 Å². The van der Waals surface area contributed by atoms with Crippen LogP contribution in [0.3, 0.4) is 0 Å². The number of para-hydroxylation sites is 1. The summed E-state index contributed by atoms with van der Waals surface area (Å²) in [6.07, 6.45) is -4.35. The number of rotatable bonds is 1. The Bertz CT molecular complexity index is 454. The van der Waals surface area contributed by atoms with Gasteiger partial charge in [-0.25, -0.2) is 0 Å². The summed E-state index contributed by atoms with van der Waals surface area (Å²) in [6, 6.07) is 3.46. The third kappa shape index (κ3) is 2.07. The highest BCUT2D eigenvalue weighted by Gasteiger charge is 2.38. The van der Waals surface area contributed by atoms with Gasteiger partial charge in [0.2, 0.25) is 0 Å². The number of carboxylic acids is 1. The number of ether oxygens (including phenoxy) is 1. The monoisotopic (exact) mass is 246 g/mol. The second kappa shape index (κ2) is 3.94. The lowest BCUT2D eigenvalue weighted by Gasteiger charge is -2.25. The lowest BCUT2D eigenvalue weighted by Crippen LogP contribution is -2.23. The first-order valence-electron chi connectivity index (χ1n) is 4.97. The van der Waals surface area contributed by atoms with Crippen molar-refractivity contribution in [3.8, 4) is 5.75 Å². The summed E-state index contributed by atoms with van der Waals surface area (Å²) < 4.78 is 43.0. The van der Waals surface area contributed by atoms with E-state index in [-0.39, 0.29) is 24.3 Å². The van der Waals surface area contributed by atoms with E-state index >= 15 is 0 Å². The molecule has 17 heavy (non-hydrogen) atoms. The molecule has 3 nitrogen and oxygen atoms in total. The highest BCUT2D eigenvalue weighted by atomic mass is 19.4. The van der Waals surface area contributed by atoms with E-state index < -0.39 is 23.6 Å². The Morgan fingerprint density at radius 1 is 1.41 bits per heavy atom. The Morgan fingerprint density at radius 3 is 2.71 bits per heavy atom. The van der Waals surface area contributed by atoms with E-state index in [0.717, 1.165) is 6.07 Å². The third-order valence-corrected chi connectivity index (χ3v) is 2.68. The maximum absolute atomic E-state index is 12.7. The molecule has 1 aliphatic rings. The summed E-state index contributed by atoms with van der Waals surface area (Å²) in [4.78, 5) is 10.9. The molecule has 1 atom stereocenters. The molecule has 0 aromatic heterocycles.